The lowest BCUT2D eigenvalue weighted by Gasteiger charge is -2.21. The second-order valence-corrected chi connectivity index (χ2v) is 8.96. The SMILES string of the molecule is CCCCCCCCCCCCNC(=O)c1ccc(CN(Cc2ccncc2)OCC(=O)O)cc1. The Labute approximate surface area is 209 Å². The first kappa shape index (κ1) is 28.5. The van der Waals surface area contributed by atoms with Gasteiger partial charge < -0.3 is 10.4 Å². The molecule has 0 spiro atoms. The van der Waals surface area contributed by atoms with E-state index in [2.05, 4.69) is 17.2 Å². The molecular weight excluding hydrogens is 442 g/mol. The molecule has 1 aromatic carbocycles. The predicted octanol–water partition coefficient (Wildman–Crippen LogP) is 5.75. The molecule has 192 valence electrons. The molecule has 35 heavy (non-hydrogen) atoms. The molecule has 0 aliphatic rings. The van der Waals surface area contributed by atoms with E-state index in [1.54, 1.807) is 29.6 Å². The molecule has 2 rings (SSSR count). The summed E-state index contributed by atoms with van der Waals surface area (Å²) in [6.45, 7) is 3.35. The van der Waals surface area contributed by atoms with E-state index < -0.39 is 12.6 Å². The summed E-state index contributed by atoms with van der Waals surface area (Å²) >= 11 is 0. The minimum atomic E-state index is -1.03. The van der Waals surface area contributed by atoms with Crippen LogP contribution in [0.25, 0.3) is 0 Å². The fourth-order valence-corrected chi connectivity index (χ4v) is 3.87. The minimum absolute atomic E-state index is 0.0664. The Hall–Kier alpha value is -2.77. The molecule has 0 unspecified atom stereocenters. The third-order valence-electron chi connectivity index (χ3n) is 5.87. The number of rotatable bonds is 19. The highest BCUT2D eigenvalue weighted by Gasteiger charge is 2.11. The number of aliphatic carboxylic acids is 1. The smallest absolute Gasteiger partial charge is 0.331 e. The number of nitrogens with one attached hydrogen (secondary N) is 1. The molecule has 2 N–H and O–H groups in total. The quantitative estimate of drug-likeness (QED) is 0.195. The summed E-state index contributed by atoms with van der Waals surface area (Å²) in [6.07, 6.45) is 16.1. The summed E-state index contributed by atoms with van der Waals surface area (Å²) < 4.78 is 0. The summed E-state index contributed by atoms with van der Waals surface area (Å²) in [5.74, 6) is -1.10. The van der Waals surface area contributed by atoms with Crippen LogP contribution in [0.3, 0.4) is 0 Å². The highest BCUT2D eigenvalue weighted by Crippen LogP contribution is 2.13. The average molecular weight is 484 g/mol. The summed E-state index contributed by atoms with van der Waals surface area (Å²) in [7, 11) is 0. The Bertz CT molecular complexity index is 843. The lowest BCUT2D eigenvalue weighted by Crippen LogP contribution is -2.26. The number of nitrogens with zero attached hydrogens (tertiary/aromatic N) is 2. The zero-order chi connectivity index (χ0) is 25.1. The molecule has 0 saturated carbocycles. The van der Waals surface area contributed by atoms with E-state index in [-0.39, 0.29) is 5.91 Å². The average Bonchev–Trinajstić information content (AvgIpc) is 2.86. The Kier molecular flexibility index (Phi) is 14.3. The number of benzene rings is 1. The van der Waals surface area contributed by atoms with Gasteiger partial charge in [-0.2, -0.15) is 5.06 Å². The molecule has 0 aliphatic carbocycles. The number of pyridine rings is 1. The fraction of sp³-hybridized carbons (Fsp3) is 0.536. The van der Waals surface area contributed by atoms with Crippen LogP contribution in [0.15, 0.2) is 48.8 Å². The van der Waals surface area contributed by atoms with Gasteiger partial charge >= 0.3 is 5.97 Å². The first-order valence-electron chi connectivity index (χ1n) is 12.9. The fourth-order valence-electron chi connectivity index (χ4n) is 3.87. The van der Waals surface area contributed by atoms with Gasteiger partial charge in [-0.3, -0.25) is 14.6 Å². The molecule has 2 aromatic rings. The third kappa shape index (κ3) is 13.0. The second-order valence-electron chi connectivity index (χ2n) is 8.96. The Morgan fingerprint density at radius 3 is 1.94 bits per heavy atom. The van der Waals surface area contributed by atoms with Crippen molar-refractivity contribution in [1.82, 2.24) is 15.4 Å². The van der Waals surface area contributed by atoms with Crippen LogP contribution < -0.4 is 5.32 Å². The number of carboxylic acid groups (broad SMARTS) is 1. The predicted molar refractivity (Wildman–Crippen MR) is 138 cm³/mol. The number of carbonyl (C=O) groups is 2. The van der Waals surface area contributed by atoms with Crippen LogP contribution in [0.5, 0.6) is 0 Å². The van der Waals surface area contributed by atoms with Gasteiger partial charge in [-0.05, 0) is 41.8 Å². The van der Waals surface area contributed by atoms with E-state index in [0.29, 0.717) is 25.2 Å². The molecule has 7 heteroatoms. The maximum Gasteiger partial charge on any atom is 0.331 e. The van der Waals surface area contributed by atoms with Gasteiger partial charge in [0.05, 0.1) is 0 Å². The van der Waals surface area contributed by atoms with Crippen molar-refractivity contribution in [3.8, 4) is 0 Å². The number of hydrogen-bond acceptors (Lipinski definition) is 5. The maximum absolute atomic E-state index is 12.4. The van der Waals surface area contributed by atoms with Crippen LogP contribution in [-0.2, 0) is 22.7 Å². The summed E-state index contributed by atoms with van der Waals surface area (Å²) in [5, 5.41) is 13.6. The molecule has 0 saturated heterocycles. The van der Waals surface area contributed by atoms with Crippen LogP contribution in [0.2, 0.25) is 0 Å². The molecule has 1 heterocycles. The number of amides is 1. The minimum Gasteiger partial charge on any atom is -0.479 e. The number of aromatic nitrogens is 1. The first-order chi connectivity index (χ1) is 17.1. The van der Waals surface area contributed by atoms with Crippen molar-refractivity contribution in [1.29, 1.82) is 0 Å². The molecular formula is C28H41N3O4. The van der Waals surface area contributed by atoms with Crippen molar-refractivity contribution in [3.05, 3.63) is 65.5 Å². The Morgan fingerprint density at radius 2 is 1.37 bits per heavy atom. The largest absolute Gasteiger partial charge is 0.479 e. The molecule has 0 radical (unpaired) electrons. The van der Waals surface area contributed by atoms with Gasteiger partial charge in [0.2, 0.25) is 0 Å². The van der Waals surface area contributed by atoms with Gasteiger partial charge in [-0.15, -0.1) is 0 Å². The van der Waals surface area contributed by atoms with E-state index in [9.17, 15) is 9.59 Å². The van der Waals surface area contributed by atoms with Crippen LogP contribution in [0.4, 0.5) is 0 Å². The normalized spacial score (nSPS) is 11.0. The zero-order valence-corrected chi connectivity index (χ0v) is 21.1. The van der Waals surface area contributed by atoms with Crippen molar-refractivity contribution in [2.24, 2.45) is 0 Å². The second kappa shape index (κ2) is 17.6. The van der Waals surface area contributed by atoms with Crippen molar-refractivity contribution in [2.45, 2.75) is 84.2 Å². The van der Waals surface area contributed by atoms with Crippen LogP contribution in [0, 0.1) is 0 Å². The summed E-state index contributed by atoms with van der Waals surface area (Å²) in [4.78, 5) is 32.8. The van der Waals surface area contributed by atoms with Gasteiger partial charge in [0.15, 0.2) is 6.61 Å². The van der Waals surface area contributed by atoms with Crippen molar-refractivity contribution < 1.29 is 19.5 Å². The first-order valence-corrected chi connectivity index (χ1v) is 12.9. The van der Waals surface area contributed by atoms with E-state index in [0.717, 1.165) is 24.0 Å². The van der Waals surface area contributed by atoms with Crippen LogP contribution >= 0.6 is 0 Å². The highest BCUT2D eigenvalue weighted by molar-refractivity contribution is 5.94. The standard InChI is InChI=1S/C28H41N3O4/c1-2-3-4-5-6-7-8-9-10-11-18-30-28(34)26-14-12-24(13-15-26)21-31(35-23-27(32)33)22-25-16-19-29-20-17-25/h12-17,19-20H,2-11,18,21-23H2,1H3,(H,30,34)(H,32,33). The van der Waals surface area contributed by atoms with Gasteiger partial charge in [0.1, 0.15) is 0 Å². The van der Waals surface area contributed by atoms with Gasteiger partial charge in [0.25, 0.3) is 5.91 Å². The summed E-state index contributed by atoms with van der Waals surface area (Å²) in [6, 6.07) is 11.1. The van der Waals surface area contributed by atoms with E-state index in [1.807, 2.05) is 24.3 Å². The monoisotopic (exact) mass is 483 g/mol. The molecule has 0 bridgehead atoms. The number of carbonyl (C=O) groups excluding carboxylic acids is 1. The van der Waals surface area contributed by atoms with Gasteiger partial charge in [-0.25, -0.2) is 4.79 Å². The van der Waals surface area contributed by atoms with Crippen LogP contribution in [-0.4, -0.2) is 40.2 Å². The molecule has 1 amide bonds. The number of unbranched alkanes of at least 4 members (excludes halogenated alkanes) is 9. The number of hydroxylamine groups is 2. The Balaban J connectivity index is 1.69. The van der Waals surface area contributed by atoms with E-state index in [4.69, 9.17) is 9.94 Å². The zero-order valence-electron chi connectivity index (χ0n) is 21.1. The van der Waals surface area contributed by atoms with Crippen molar-refractivity contribution in [3.63, 3.8) is 0 Å². The molecule has 1 aromatic heterocycles. The number of hydrogen-bond donors (Lipinski definition) is 2. The van der Waals surface area contributed by atoms with Crippen molar-refractivity contribution >= 4 is 11.9 Å². The molecule has 0 fully saturated rings. The van der Waals surface area contributed by atoms with Gasteiger partial charge in [-0.1, -0.05) is 76.8 Å². The third-order valence-corrected chi connectivity index (χ3v) is 5.87. The van der Waals surface area contributed by atoms with Crippen molar-refractivity contribution in [2.75, 3.05) is 13.2 Å². The Morgan fingerprint density at radius 1 is 0.829 bits per heavy atom. The van der Waals surface area contributed by atoms with E-state index >= 15 is 0 Å². The molecule has 0 atom stereocenters. The molecule has 7 nitrogen and oxygen atoms in total. The lowest BCUT2D eigenvalue weighted by molar-refractivity contribution is -0.190. The highest BCUT2D eigenvalue weighted by atomic mass is 16.7. The number of carboxylic acids is 1. The lowest BCUT2D eigenvalue weighted by atomic mass is 10.1. The summed E-state index contributed by atoms with van der Waals surface area (Å²) in [5.41, 5.74) is 2.51. The maximum atomic E-state index is 12.4. The molecule has 0 aliphatic heterocycles. The van der Waals surface area contributed by atoms with Crippen LogP contribution in [0.1, 0.15) is 92.6 Å². The topological polar surface area (TPSA) is 91.8 Å². The van der Waals surface area contributed by atoms with Gasteiger partial charge in [0, 0.05) is 37.6 Å². The van der Waals surface area contributed by atoms with E-state index in [1.165, 1.54) is 51.4 Å².